The lowest BCUT2D eigenvalue weighted by Gasteiger charge is -2.30. The highest BCUT2D eigenvalue weighted by Crippen LogP contribution is 2.25. The fraction of sp³-hybridized carbons (Fsp3) is 0.182. The summed E-state index contributed by atoms with van der Waals surface area (Å²) in [5, 5.41) is 3.50. The fourth-order valence-corrected chi connectivity index (χ4v) is 3.54. The molecule has 2 aromatic carbocycles. The van der Waals surface area contributed by atoms with Crippen molar-refractivity contribution in [3.8, 4) is 0 Å². The fourth-order valence-electron chi connectivity index (χ4n) is 3.37. The van der Waals surface area contributed by atoms with Gasteiger partial charge in [-0.3, -0.25) is 9.78 Å². The smallest absolute Gasteiger partial charge is 0.274 e. The van der Waals surface area contributed by atoms with Crippen LogP contribution in [0.25, 0.3) is 0 Å². The Morgan fingerprint density at radius 3 is 2.78 bits per heavy atom. The first kappa shape index (κ1) is 17.6. The number of aromatic nitrogens is 1. The first-order chi connectivity index (χ1) is 13.1. The second-order valence-corrected chi connectivity index (χ2v) is 7.19. The summed E-state index contributed by atoms with van der Waals surface area (Å²) < 4.78 is 0. The van der Waals surface area contributed by atoms with Gasteiger partial charge in [0.25, 0.3) is 5.91 Å². The third-order valence-corrected chi connectivity index (χ3v) is 5.15. The lowest BCUT2D eigenvalue weighted by molar-refractivity contribution is 0.102. The van der Waals surface area contributed by atoms with E-state index in [0.29, 0.717) is 16.4 Å². The number of halogens is 1. The Bertz CT molecular complexity index is 1000. The number of nitrogens with zero attached hydrogens (tertiary/aromatic N) is 2. The number of benzene rings is 2. The zero-order valence-corrected chi connectivity index (χ0v) is 15.8. The topological polar surface area (TPSA) is 45.2 Å². The van der Waals surface area contributed by atoms with Crippen LogP contribution in [0, 0.1) is 6.92 Å². The number of carbonyl (C=O) groups is 1. The molecule has 0 saturated heterocycles. The highest BCUT2D eigenvalue weighted by atomic mass is 35.5. The standard InChI is InChI=1S/C22H20ClN3O/c1-15-6-7-18(23)12-20(15)25-22(27)21-13-19(8-10-24-21)26-11-9-16-4-2-3-5-17(16)14-26/h2-8,10,12-13H,9,11,14H2,1H3,(H,25,27). The number of carbonyl (C=O) groups excluding carboxylic acids is 1. The molecule has 1 N–H and O–H groups in total. The molecule has 5 heteroatoms. The number of nitrogens with one attached hydrogen (secondary N) is 1. The molecule has 1 amide bonds. The highest BCUT2D eigenvalue weighted by Gasteiger charge is 2.18. The third-order valence-electron chi connectivity index (χ3n) is 4.92. The molecule has 136 valence electrons. The largest absolute Gasteiger partial charge is 0.367 e. The van der Waals surface area contributed by atoms with E-state index in [1.165, 1.54) is 11.1 Å². The Morgan fingerprint density at radius 2 is 1.93 bits per heavy atom. The summed E-state index contributed by atoms with van der Waals surface area (Å²) in [5.74, 6) is -0.236. The van der Waals surface area contributed by atoms with Crippen LogP contribution in [0.4, 0.5) is 11.4 Å². The minimum Gasteiger partial charge on any atom is -0.367 e. The maximum atomic E-state index is 12.7. The number of anilines is 2. The van der Waals surface area contributed by atoms with Crippen LogP contribution in [0.2, 0.25) is 5.02 Å². The van der Waals surface area contributed by atoms with Crippen molar-refractivity contribution < 1.29 is 4.79 Å². The van der Waals surface area contributed by atoms with Gasteiger partial charge in [-0.25, -0.2) is 0 Å². The lowest BCUT2D eigenvalue weighted by atomic mass is 9.99. The summed E-state index contributed by atoms with van der Waals surface area (Å²) in [4.78, 5) is 19.2. The van der Waals surface area contributed by atoms with Crippen molar-refractivity contribution in [1.82, 2.24) is 4.98 Å². The van der Waals surface area contributed by atoms with Gasteiger partial charge in [0.1, 0.15) is 5.69 Å². The van der Waals surface area contributed by atoms with Gasteiger partial charge < -0.3 is 10.2 Å². The summed E-state index contributed by atoms with van der Waals surface area (Å²) in [6.07, 6.45) is 2.69. The third kappa shape index (κ3) is 3.81. The van der Waals surface area contributed by atoms with Crippen LogP contribution in [0.3, 0.4) is 0 Å². The Balaban J connectivity index is 1.54. The van der Waals surface area contributed by atoms with Gasteiger partial charge >= 0.3 is 0 Å². The molecule has 0 fully saturated rings. The van der Waals surface area contributed by atoms with Crippen molar-refractivity contribution >= 4 is 28.9 Å². The number of hydrogen-bond acceptors (Lipinski definition) is 3. The predicted octanol–water partition coefficient (Wildman–Crippen LogP) is 4.86. The van der Waals surface area contributed by atoms with Crippen LogP contribution in [-0.4, -0.2) is 17.4 Å². The molecule has 0 saturated carbocycles. The Morgan fingerprint density at radius 1 is 1.11 bits per heavy atom. The zero-order chi connectivity index (χ0) is 18.8. The first-order valence-electron chi connectivity index (χ1n) is 8.95. The zero-order valence-electron chi connectivity index (χ0n) is 15.1. The van der Waals surface area contributed by atoms with Crippen LogP contribution >= 0.6 is 11.6 Å². The molecule has 4 nitrogen and oxygen atoms in total. The molecular formula is C22H20ClN3O. The molecular weight excluding hydrogens is 358 g/mol. The Hall–Kier alpha value is -2.85. The molecule has 0 bridgehead atoms. The normalized spacial score (nSPS) is 13.2. The van der Waals surface area contributed by atoms with Gasteiger partial charge in [-0.1, -0.05) is 41.9 Å². The van der Waals surface area contributed by atoms with E-state index in [4.69, 9.17) is 11.6 Å². The number of aryl methyl sites for hydroxylation is 1. The van der Waals surface area contributed by atoms with Gasteiger partial charge in [-0.15, -0.1) is 0 Å². The molecule has 0 radical (unpaired) electrons. The minimum atomic E-state index is -0.236. The van der Waals surface area contributed by atoms with Crippen LogP contribution in [0.15, 0.2) is 60.8 Å². The van der Waals surface area contributed by atoms with Crippen LogP contribution < -0.4 is 10.2 Å². The molecule has 1 aliphatic heterocycles. The van der Waals surface area contributed by atoms with E-state index in [0.717, 1.165) is 30.8 Å². The van der Waals surface area contributed by atoms with Crippen molar-refractivity contribution in [3.63, 3.8) is 0 Å². The van der Waals surface area contributed by atoms with Crippen molar-refractivity contribution in [3.05, 3.63) is 88.2 Å². The van der Waals surface area contributed by atoms with Gasteiger partial charge in [-0.05, 0) is 54.3 Å². The molecule has 27 heavy (non-hydrogen) atoms. The van der Waals surface area contributed by atoms with E-state index in [2.05, 4.69) is 39.5 Å². The van der Waals surface area contributed by atoms with Gasteiger partial charge in [0.05, 0.1) is 0 Å². The quantitative estimate of drug-likeness (QED) is 0.709. The van der Waals surface area contributed by atoms with Gasteiger partial charge in [0.2, 0.25) is 0 Å². The minimum absolute atomic E-state index is 0.236. The monoisotopic (exact) mass is 377 g/mol. The van der Waals surface area contributed by atoms with Crippen LogP contribution in [-0.2, 0) is 13.0 Å². The van der Waals surface area contributed by atoms with Gasteiger partial charge in [0.15, 0.2) is 0 Å². The maximum absolute atomic E-state index is 12.7. The molecule has 4 rings (SSSR count). The molecule has 0 unspecified atom stereocenters. The molecule has 1 aliphatic rings. The molecule has 2 heterocycles. The van der Waals surface area contributed by atoms with Crippen LogP contribution in [0.1, 0.15) is 27.2 Å². The van der Waals surface area contributed by atoms with Gasteiger partial charge in [-0.2, -0.15) is 0 Å². The van der Waals surface area contributed by atoms with E-state index in [1.807, 2.05) is 25.1 Å². The number of pyridine rings is 1. The van der Waals surface area contributed by atoms with Gasteiger partial charge in [0, 0.05) is 35.7 Å². The van der Waals surface area contributed by atoms with Crippen molar-refractivity contribution in [2.45, 2.75) is 19.9 Å². The second-order valence-electron chi connectivity index (χ2n) is 6.75. The SMILES string of the molecule is Cc1ccc(Cl)cc1NC(=O)c1cc(N2CCc3ccccc3C2)ccn1. The van der Waals surface area contributed by atoms with Crippen molar-refractivity contribution in [2.75, 3.05) is 16.8 Å². The second kappa shape index (κ2) is 7.41. The number of rotatable bonds is 3. The molecule has 0 aliphatic carbocycles. The van der Waals surface area contributed by atoms with E-state index in [9.17, 15) is 4.79 Å². The number of fused-ring (bicyclic) bond motifs is 1. The summed E-state index contributed by atoms with van der Waals surface area (Å²) in [7, 11) is 0. The van der Waals surface area contributed by atoms with E-state index < -0.39 is 0 Å². The average Bonchev–Trinajstić information content (AvgIpc) is 2.70. The number of amides is 1. The molecule has 1 aromatic heterocycles. The maximum Gasteiger partial charge on any atom is 0.274 e. The van der Waals surface area contributed by atoms with E-state index in [-0.39, 0.29) is 5.91 Å². The average molecular weight is 378 g/mol. The highest BCUT2D eigenvalue weighted by molar-refractivity contribution is 6.31. The number of hydrogen-bond donors (Lipinski definition) is 1. The Labute approximate surface area is 163 Å². The summed E-state index contributed by atoms with van der Waals surface area (Å²) >= 11 is 6.04. The summed E-state index contributed by atoms with van der Waals surface area (Å²) in [5.41, 5.74) is 5.79. The molecule has 3 aromatic rings. The van der Waals surface area contributed by atoms with Crippen LogP contribution in [0.5, 0.6) is 0 Å². The van der Waals surface area contributed by atoms with Crippen molar-refractivity contribution in [1.29, 1.82) is 0 Å². The van der Waals surface area contributed by atoms with Crippen molar-refractivity contribution in [2.24, 2.45) is 0 Å². The first-order valence-corrected chi connectivity index (χ1v) is 9.33. The summed E-state index contributed by atoms with van der Waals surface area (Å²) in [6, 6.07) is 17.7. The molecule has 0 atom stereocenters. The Kier molecular flexibility index (Phi) is 4.82. The van der Waals surface area contributed by atoms with E-state index in [1.54, 1.807) is 18.3 Å². The molecule has 0 spiro atoms. The summed E-state index contributed by atoms with van der Waals surface area (Å²) in [6.45, 7) is 3.70. The predicted molar refractivity (Wildman–Crippen MR) is 110 cm³/mol. The lowest BCUT2D eigenvalue weighted by Crippen LogP contribution is -2.30. The van der Waals surface area contributed by atoms with E-state index >= 15 is 0 Å².